The lowest BCUT2D eigenvalue weighted by Gasteiger charge is -2.28. The van der Waals surface area contributed by atoms with Gasteiger partial charge in [-0.2, -0.15) is 30.4 Å². The van der Waals surface area contributed by atoms with Crippen LogP contribution in [-0.4, -0.2) is 42.3 Å². The Kier molecular flexibility index (Phi) is 4.21. The molecule has 12 heteroatoms. The van der Waals surface area contributed by atoms with Gasteiger partial charge in [0.25, 0.3) is 6.10 Å². The summed E-state index contributed by atoms with van der Waals surface area (Å²) in [4.78, 5) is 23.0. The number of Topliss-reactive ketones (excluding diaryl/α,β-unsaturated/α-hetero) is 1. The van der Waals surface area contributed by atoms with E-state index in [9.17, 15) is 40.0 Å². The molecule has 2 aliphatic carbocycles. The number of carbonyl (C=O) groups excluding carboxylic acids is 2. The number of hydrogen-bond acceptors (Lipinski definition) is 5. The lowest BCUT2D eigenvalue weighted by atomic mass is 9.88. The summed E-state index contributed by atoms with van der Waals surface area (Å²) < 4.78 is 97.5. The number of ether oxygens (including phenoxy) is 1. The molecule has 2 bridgehead atoms. The third kappa shape index (κ3) is 3.18. The van der Waals surface area contributed by atoms with Crippen molar-refractivity contribution >= 4 is 21.9 Å². The number of rotatable bonds is 4. The van der Waals surface area contributed by atoms with Crippen LogP contribution >= 0.6 is 0 Å². The van der Waals surface area contributed by atoms with Gasteiger partial charge in [0.2, 0.25) is 0 Å². The Balaban J connectivity index is 2.20. The minimum Gasteiger partial charge on any atom is -0.444 e. The molecule has 0 amide bonds. The van der Waals surface area contributed by atoms with Crippen molar-refractivity contribution in [3.8, 4) is 0 Å². The van der Waals surface area contributed by atoms with Gasteiger partial charge in [0.05, 0.1) is 5.92 Å². The van der Waals surface area contributed by atoms with E-state index in [1.54, 1.807) is 0 Å². The van der Waals surface area contributed by atoms with E-state index in [1.807, 2.05) is 0 Å². The van der Waals surface area contributed by atoms with E-state index in [1.165, 1.54) is 0 Å². The van der Waals surface area contributed by atoms with Crippen molar-refractivity contribution < 1.29 is 49.2 Å². The fraction of sp³-hybridized carbons (Fsp3) is 0.818. The highest BCUT2D eigenvalue weighted by molar-refractivity contribution is 7.86. The average Bonchev–Trinajstić information content (AvgIpc) is 2.91. The average molecular weight is 366 g/mol. The summed E-state index contributed by atoms with van der Waals surface area (Å²) in [6.45, 7) is 0. The molecule has 4 atom stereocenters. The van der Waals surface area contributed by atoms with Crippen LogP contribution in [0.3, 0.4) is 0 Å². The molecule has 2 aliphatic rings. The van der Waals surface area contributed by atoms with Crippen LogP contribution < -0.4 is 0 Å². The second-order valence-electron chi connectivity index (χ2n) is 5.60. The number of halogens is 5. The van der Waals surface area contributed by atoms with E-state index in [0.717, 1.165) is 0 Å². The van der Waals surface area contributed by atoms with Crippen LogP contribution in [0, 0.1) is 17.8 Å². The highest BCUT2D eigenvalue weighted by atomic mass is 32.2. The van der Waals surface area contributed by atoms with Gasteiger partial charge in [-0.05, 0) is 18.8 Å². The van der Waals surface area contributed by atoms with Gasteiger partial charge >= 0.3 is 27.5 Å². The molecular weight excluding hydrogens is 355 g/mol. The summed E-state index contributed by atoms with van der Waals surface area (Å²) in [5.41, 5.74) is 0. The van der Waals surface area contributed by atoms with Crippen molar-refractivity contribution in [2.45, 2.75) is 36.8 Å². The quantitative estimate of drug-likeness (QED) is 0.461. The van der Waals surface area contributed by atoms with Crippen LogP contribution in [0.5, 0.6) is 0 Å². The Morgan fingerprint density at radius 2 is 1.78 bits per heavy atom. The van der Waals surface area contributed by atoms with Crippen LogP contribution in [0.4, 0.5) is 22.0 Å². The molecule has 4 unspecified atom stereocenters. The van der Waals surface area contributed by atoms with Gasteiger partial charge in [-0.25, -0.2) is 0 Å². The smallest absolute Gasteiger partial charge is 0.432 e. The van der Waals surface area contributed by atoms with E-state index in [0.29, 0.717) is 0 Å². The highest BCUT2D eigenvalue weighted by Crippen LogP contribution is 2.47. The molecule has 0 aromatic carbocycles. The molecule has 0 aromatic heterocycles. The number of hydrogen-bond donors (Lipinski definition) is 1. The van der Waals surface area contributed by atoms with Gasteiger partial charge in [0.1, 0.15) is 5.78 Å². The maximum Gasteiger partial charge on any atom is 0.432 e. The lowest BCUT2D eigenvalue weighted by Crippen LogP contribution is -2.53. The second kappa shape index (κ2) is 5.36. The molecule has 1 N–H and O–H groups in total. The summed E-state index contributed by atoms with van der Waals surface area (Å²) in [5, 5.41) is -5.74. The fourth-order valence-electron chi connectivity index (χ4n) is 2.99. The Hall–Kier alpha value is -1.30. The Bertz CT molecular complexity index is 627. The van der Waals surface area contributed by atoms with Crippen LogP contribution in [-0.2, 0) is 24.4 Å². The number of esters is 1. The Morgan fingerprint density at radius 3 is 2.13 bits per heavy atom. The third-order valence-corrected chi connectivity index (χ3v) is 5.00. The topological polar surface area (TPSA) is 97.7 Å². The van der Waals surface area contributed by atoms with Crippen LogP contribution in [0.1, 0.15) is 19.3 Å². The molecule has 0 aromatic rings. The maximum absolute atomic E-state index is 13.3. The van der Waals surface area contributed by atoms with Crippen molar-refractivity contribution in [1.82, 2.24) is 0 Å². The van der Waals surface area contributed by atoms with Crippen molar-refractivity contribution in [3.05, 3.63) is 0 Å². The van der Waals surface area contributed by atoms with Gasteiger partial charge in [-0.1, -0.05) is 0 Å². The van der Waals surface area contributed by atoms with Gasteiger partial charge in [0.15, 0.2) is 0 Å². The number of carbonyl (C=O) groups is 2. The van der Waals surface area contributed by atoms with E-state index in [-0.39, 0.29) is 25.0 Å². The minimum atomic E-state index is -6.46. The fourth-order valence-corrected chi connectivity index (χ4v) is 3.44. The van der Waals surface area contributed by atoms with Crippen molar-refractivity contribution in [2.24, 2.45) is 17.8 Å². The molecule has 0 spiro atoms. The zero-order valence-electron chi connectivity index (χ0n) is 11.2. The van der Waals surface area contributed by atoms with Crippen LogP contribution in [0.15, 0.2) is 0 Å². The summed E-state index contributed by atoms with van der Waals surface area (Å²) in [5.74, 6) is -4.12. The van der Waals surface area contributed by atoms with Crippen LogP contribution in [0.25, 0.3) is 0 Å². The number of ketones is 1. The molecule has 0 radical (unpaired) electrons. The van der Waals surface area contributed by atoms with Crippen molar-refractivity contribution in [2.75, 3.05) is 0 Å². The van der Waals surface area contributed by atoms with Crippen molar-refractivity contribution in [1.29, 1.82) is 0 Å². The standard InChI is InChI=1S/C11H11F5O6S/c12-10(13,14)9(11(15,16)23(19,20)21)22-8(18)6-2-5-1-4(6)3-7(5)17/h4-6,9H,1-3H2,(H,19,20,21). The van der Waals surface area contributed by atoms with Gasteiger partial charge in [-0.15, -0.1) is 0 Å². The first-order valence-corrected chi connectivity index (χ1v) is 7.84. The predicted molar refractivity (Wildman–Crippen MR) is 61.8 cm³/mol. The SMILES string of the molecule is O=C1CC2CC1CC2C(=O)OC(C(F)(F)F)C(F)(F)S(=O)(=O)O. The molecule has 0 saturated heterocycles. The minimum absolute atomic E-state index is 0.0597. The maximum atomic E-state index is 13.3. The number of alkyl halides is 5. The number of fused-ring (bicyclic) bond motifs is 2. The summed E-state index contributed by atoms with van der Waals surface area (Å²) in [6.07, 6.45) is -10.2. The first-order chi connectivity index (χ1) is 10.2. The van der Waals surface area contributed by atoms with Gasteiger partial charge in [-0.3, -0.25) is 14.1 Å². The van der Waals surface area contributed by atoms with E-state index < -0.39 is 51.4 Å². The first-order valence-electron chi connectivity index (χ1n) is 6.40. The summed E-state index contributed by atoms with van der Waals surface area (Å²) in [6, 6.07) is 0. The molecule has 0 heterocycles. The monoisotopic (exact) mass is 366 g/mol. The van der Waals surface area contributed by atoms with E-state index in [2.05, 4.69) is 4.74 Å². The zero-order chi connectivity index (χ0) is 17.8. The first kappa shape index (κ1) is 18.0. The van der Waals surface area contributed by atoms with E-state index in [4.69, 9.17) is 4.55 Å². The third-order valence-electron chi connectivity index (χ3n) is 4.10. The zero-order valence-corrected chi connectivity index (χ0v) is 12.0. The lowest BCUT2D eigenvalue weighted by molar-refractivity contribution is -0.261. The second-order valence-corrected chi connectivity index (χ2v) is 7.10. The molecule has 23 heavy (non-hydrogen) atoms. The molecule has 0 aliphatic heterocycles. The molecule has 132 valence electrons. The normalized spacial score (nSPS) is 29.7. The molecular formula is C11H11F5O6S. The molecule has 2 fully saturated rings. The van der Waals surface area contributed by atoms with Gasteiger partial charge < -0.3 is 4.74 Å². The molecule has 2 saturated carbocycles. The molecule has 6 nitrogen and oxygen atoms in total. The highest BCUT2D eigenvalue weighted by Gasteiger charge is 2.66. The van der Waals surface area contributed by atoms with Gasteiger partial charge in [0, 0.05) is 12.3 Å². The van der Waals surface area contributed by atoms with Crippen molar-refractivity contribution in [3.63, 3.8) is 0 Å². The van der Waals surface area contributed by atoms with E-state index >= 15 is 0 Å². The largest absolute Gasteiger partial charge is 0.444 e. The Labute approximate surface area is 126 Å². The summed E-state index contributed by atoms with van der Waals surface area (Å²) in [7, 11) is -6.46. The Morgan fingerprint density at radius 1 is 1.22 bits per heavy atom. The summed E-state index contributed by atoms with van der Waals surface area (Å²) >= 11 is 0. The molecule has 2 rings (SSSR count). The van der Waals surface area contributed by atoms with Crippen LogP contribution in [0.2, 0.25) is 0 Å². The predicted octanol–water partition coefficient (Wildman–Crippen LogP) is 1.56.